The first-order valence-corrected chi connectivity index (χ1v) is 6.42. The fraction of sp³-hybridized carbons (Fsp3) is 0.917. The van der Waals surface area contributed by atoms with Crippen LogP contribution in [0.4, 0.5) is 0 Å². The summed E-state index contributed by atoms with van der Waals surface area (Å²) in [5, 5.41) is 2.93. The van der Waals surface area contributed by atoms with E-state index in [0.717, 1.165) is 13.0 Å². The molecule has 0 saturated heterocycles. The summed E-state index contributed by atoms with van der Waals surface area (Å²) in [4.78, 5) is 11.6. The van der Waals surface area contributed by atoms with Crippen molar-refractivity contribution in [2.75, 3.05) is 12.4 Å². The lowest BCUT2D eigenvalue weighted by atomic mass is 9.95. The molecule has 0 atom stereocenters. The Bertz CT molecular complexity index is 180. The second-order valence-corrected chi connectivity index (χ2v) is 4.95. The Morgan fingerprint density at radius 2 is 1.80 bits per heavy atom. The van der Waals surface area contributed by atoms with E-state index < -0.39 is 5.41 Å². The topological polar surface area (TPSA) is 29.1 Å². The highest BCUT2D eigenvalue weighted by Gasteiger charge is 2.25. The van der Waals surface area contributed by atoms with E-state index in [0.29, 0.717) is 5.88 Å². The van der Waals surface area contributed by atoms with Gasteiger partial charge in [-0.1, -0.05) is 32.6 Å². The first-order valence-electron chi connectivity index (χ1n) is 5.89. The van der Waals surface area contributed by atoms with Crippen LogP contribution in [0.3, 0.4) is 0 Å². The average molecular weight is 234 g/mol. The molecule has 0 bridgehead atoms. The van der Waals surface area contributed by atoms with E-state index >= 15 is 0 Å². The molecule has 0 aliphatic carbocycles. The second kappa shape index (κ2) is 7.98. The van der Waals surface area contributed by atoms with Crippen molar-refractivity contribution in [3.63, 3.8) is 0 Å². The number of alkyl halides is 1. The van der Waals surface area contributed by atoms with Crippen LogP contribution in [0.2, 0.25) is 0 Å². The van der Waals surface area contributed by atoms with Gasteiger partial charge in [-0.05, 0) is 20.3 Å². The molecule has 0 aromatic rings. The van der Waals surface area contributed by atoms with E-state index in [1.807, 2.05) is 13.8 Å². The van der Waals surface area contributed by atoms with Gasteiger partial charge < -0.3 is 5.32 Å². The van der Waals surface area contributed by atoms with Crippen LogP contribution in [0, 0.1) is 5.41 Å². The summed E-state index contributed by atoms with van der Waals surface area (Å²) < 4.78 is 0. The van der Waals surface area contributed by atoms with Crippen molar-refractivity contribution < 1.29 is 4.79 Å². The zero-order valence-corrected chi connectivity index (χ0v) is 11.0. The summed E-state index contributed by atoms with van der Waals surface area (Å²) in [6.07, 6.45) is 6.09. The SMILES string of the molecule is CCCCCCCNC(=O)C(C)(C)CCl. The monoisotopic (exact) mass is 233 g/mol. The van der Waals surface area contributed by atoms with Crippen molar-refractivity contribution in [3.8, 4) is 0 Å². The molecule has 2 nitrogen and oxygen atoms in total. The predicted molar refractivity (Wildman–Crippen MR) is 66.3 cm³/mol. The first-order chi connectivity index (χ1) is 7.04. The zero-order valence-electron chi connectivity index (χ0n) is 10.2. The molecule has 0 aromatic carbocycles. The quantitative estimate of drug-likeness (QED) is 0.506. The van der Waals surface area contributed by atoms with E-state index in [-0.39, 0.29) is 5.91 Å². The Hall–Kier alpha value is -0.240. The zero-order chi connectivity index (χ0) is 11.7. The van der Waals surface area contributed by atoms with Crippen LogP contribution >= 0.6 is 11.6 Å². The fourth-order valence-corrected chi connectivity index (χ4v) is 1.35. The number of carbonyl (C=O) groups excluding carboxylic acids is 1. The number of halogens is 1. The van der Waals surface area contributed by atoms with E-state index in [9.17, 15) is 4.79 Å². The Balaban J connectivity index is 3.47. The van der Waals surface area contributed by atoms with Gasteiger partial charge in [0.2, 0.25) is 5.91 Å². The lowest BCUT2D eigenvalue weighted by molar-refractivity contribution is -0.128. The van der Waals surface area contributed by atoms with Crippen molar-refractivity contribution >= 4 is 17.5 Å². The van der Waals surface area contributed by atoms with Gasteiger partial charge in [0.15, 0.2) is 0 Å². The molecule has 1 amide bonds. The highest BCUT2D eigenvalue weighted by atomic mass is 35.5. The highest BCUT2D eigenvalue weighted by Crippen LogP contribution is 2.16. The maximum absolute atomic E-state index is 11.6. The van der Waals surface area contributed by atoms with Gasteiger partial charge in [-0.2, -0.15) is 0 Å². The van der Waals surface area contributed by atoms with Gasteiger partial charge in [0.1, 0.15) is 0 Å². The van der Waals surface area contributed by atoms with Crippen molar-refractivity contribution in [2.45, 2.75) is 52.9 Å². The van der Waals surface area contributed by atoms with Crippen LogP contribution in [0.1, 0.15) is 52.9 Å². The fourth-order valence-electron chi connectivity index (χ4n) is 1.23. The molecular formula is C12H24ClNO. The van der Waals surface area contributed by atoms with Gasteiger partial charge in [0, 0.05) is 12.4 Å². The summed E-state index contributed by atoms with van der Waals surface area (Å²) in [5.41, 5.74) is -0.440. The van der Waals surface area contributed by atoms with E-state index in [1.54, 1.807) is 0 Å². The molecule has 0 saturated carbocycles. The first kappa shape index (κ1) is 14.8. The van der Waals surface area contributed by atoms with Crippen molar-refractivity contribution in [1.29, 1.82) is 0 Å². The number of nitrogens with one attached hydrogen (secondary N) is 1. The van der Waals surface area contributed by atoms with Crippen LogP contribution in [0.5, 0.6) is 0 Å². The maximum atomic E-state index is 11.6. The molecule has 90 valence electrons. The van der Waals surface area contributed by atoms with E-state index in [4.69, 9.17) is 11.6 Å². The Labute approximate surface area is 98.8 Å². The normalized spacial score (nSPS) is 11.5. The smallest absolute Gasteiger partial charge is 0.226 e. The van der Waals surface area contributed by atoms with Gasteiger partial charge in [-0.3, -0.25) is 4.79 Å². The van der Waals surface area contributed by atoms with Gasteiger partial charge >= 0.3 is 0 Å². The third kappa shape index (κ3) is 6.77. The average Bonchev–Trinajstić information content (AvgIpc) is 2.22. The molecule has 3 heteroatoms. The number of amides is 1. The molecule has 0 spiro atoms. The number of hydrogen-bond donors (Lipinski definition) is 1. The third-order valence-electron chi connectivity index (χ3n) is 2.51. The second-order valence-electron chi connectivity index (χ2n) is 4.69. The van der Waals surface area contributed by atoms with Gasteiger partial charge in [0.05, 0.1) is 5.41 Å². The minimum Gasteiger partial charge on any atom is -0.356 e. The molecule has 0 unspecified atom stereocenters. The van der Waals surface area contributed by atoms with Gasteiger partial charge in [-0.25, -0.2) is 0 Å². The minimum absolute atomic E-state index is 0.0630. The lowest BCUT2D eigenvalue weighted by Gasteiger charge is -2.20. The molecule has 1 N–H and O–H groups in total. The van der Waals surface area contributed by atoms with Crippen LogP contribution in [0.15, 0.2) is 0 Å². The number of carbonyl (C=O) groups is 1. The largest absolute Gasteiger partial charge is 0.356 e. The number of hydrogen-bond acceptors (Lipinski definition) is 1. The minimum atomic E-state index is -0.440. The highest BCUT2D eigenvalue weighted by molar-refractivity contribution is 6.19. The molecule has 0 heterocycles. The van der Waals surface area contributed by atoms with Crippen LogP contribution in [-0.2, 0) is 4.79 Å². The summed E-state index contributed by atoms with van der Waals surface area (Å²) in [5.74, 6) is 0.433. The molecule has 0 fully saturated rings. The summed E-state index contributed by atoms with van der Waals surface area (Å²) in [6, 6.07) is 0. The van der Waals surface area contributed by atoms with Gasteiger partial charge in [-0.15, -0.1) is 11.6 Å². The molecular weight excluding hydrogens is 210 g/mol. The summed E-state index contributed by atoms with van der Waals surface area (Å²) in [7, 11) is 0. The lowest BCUT2D eigenvalue weighted by Crippen LogP contribution is -2.38. The molecule has 0 aliphatic heterocycles. The molecule has 0 aliphatic rings. The summed E-state index contributed by atoms with van der Waals surface area (Å²) in [6.45, 7) is 6.71. The maximum Gasteiger partial charge on any atom is 0.226 e. The van der Waals surface area contributed by atoms with E-state index in [2.05, 4.69) is 12.2 Å². The van der Waals surface area contributed by atoms with Crippen molar-refractivity contribution in [1.82, 2.24) is 5.32 Å². The Morgan fingerprint density at radius 3 is 2.33 bits per heavy atom. The molecule has 0 radical (unpaired) electrons. The van der Waals surface area contributed by atoms with Crippen LogP contribution < -0.4 is 5.32 Å². The Morgan fingerprint density at radius 1 is 1.20 bits per heavy atom. The molecule has 15 heavy (non-hydrogen) atoms. The van der Waals surface area contributed by atoms with Gasteiger partial charge in [0.25, 0.3) is 0 Å². The predicted octanol–water partition coefficient (Wildman–Crippen LogP) is 3.34. The summed E-state index contributed by atoms with van der Waals surface area (Å²) >= 11 is 5.71. The standard InChI is InChI=1S/C12H24ClNO/c1-4-5-6-7-8-9-14-11(15)12(2,3)10-13/h4-10H2,1-3H3,(H,14,15). The van der Waals surface area contributed by atoms with Crippen molar-refractivity contribution in [2.24, 2.45) is 5.41 Å². The third-order valence-corrected chi connectivity index (χ3v) is 3.18. The van der Waals surface area contributed by atoms with Crippen molar-refractivity contribution in [3.05, 3.63) is 0 Å². The Kier molecular flexibility index (Phi) is 7.85. The van der Waals surface area contributed by atoms with Crippen LogP contribution in [0.25, 0.3) is 0 Å². The number of unbranched alkanes of at least 4 members (excludes halogenated alkanes) is 4. The number of rotatable bonds is 8. The molecule has 0 rings (SSSR count). The van der Waals surface area contributed by atoms with E-state index in [1.165, 1.54) is 25.7 Å². The molecule has 0 aromatic heterocycles. The van der Waals surface area contributed by atoms with Crippen LogP contribution in [-0.4, -0.2) is 18.3 Å².